The topological polar surface area (TPSA) is 37.4 Å². The van der Waals surface area contributed by atoms with Crippen LogP contribution in [-0.2, 0) is 10.0 Å². The molecule has 4 heteroatoms. The highest BCUT2D eigenvalue weighted by Crippen LogP contribution is 2.41. The Hall–Kier alpha value is -1.13. The van der Waals surface area contributed by atoms with Crippen molar-refractivity contribution >= 4 is 10.0 Å². The third kappa shape index (κ3) is 2.55. The number of hydrogen-bond acceptors (Lipinski definition) is 2. The van der Waals surface area contributed by atoms with Crippen molar-refractivity contribution in [2.75, 3.05) is 6.54 Å². The maximum Gasteiger partial charge on any atom is 0.243 e. The fourth-order valence-electron chi connectivity index (χ4n) is 3.66. The van der Waals surface area contributed by atoms with E-state index in [0.29, 0.717) is 29.2 Å². The SMILES string of the molecule is Cc1ccc(S(=O)(=O)N2C[C@H]3C=C[C@@H](C)C[C@H]3[C@@H]2C)cc1. The molecular weight excluding hydrogens is 282 g/mol. The third-order valence-corrected chi connectivity index (χ3v) is 6.94. The fraction of sp³-hybridized carbons (Fsp3) is 0.529. The first-order valence-electron chi connectivity index (χ1n) is 7.66. The second-order valence-corrected chi connectivity index (χ2v) is 8.44. The van der Waals surface area contributed by atoms with Gasteiger partial charge in [-0.3, -0.25) is 0 Å². The van der Waals surface area contributed by atoms with Crippen LogP contribution in [0, 0.1) is 24.7 Å². The molecule has 0 aromatic heterocycles. The Morgan fingerprint density at radius 2 is 1.76 bits per heavy atom. The molecule has 0 bridgehead atoms. The molecule has 3 nitrogen and oxygen atoms in total. The molecule has 1 heterocycles. The number of benzene rings is 1. The first-order valence-corrected chi connectivity index (χ1v) is 9.10. The van der Waals surface area contributed by atoms with E-state index in [2.05, 4.69) is 26.0 Å². The highest BCUT2D eigenvalue weighted by Gasteiger charge is 2.45. The van der Waals surface area contributed by atoms with Crippen LogP contribution in [0.25, 0.3) is 0 Å². The molecule has 0 N–H and O–H groups in total. The summed E-state index contributed by atoms with van der Waals surface area (Å²) in [6, 6.07) is 7.25. The minimum absolute atomic E-state index is 0.0775. The second kappa shape index (κ2) is 5.25. The third-order valence-electron chi connectivity index (χ3n) is 4.97. The van der Waals surface area contributed by atoms with Crippen molar-refractivity contribution < 1.29 is 8.42 Å². The van der Waals surface area contributed by atoms with Gasteiger partial charge in [-0.15, -0.1) is 0 Å². The number of aryl methyl sites for hydroxylation is 1. The molecule has 114 valence electrons. The van der Waals surface area contributed by atoms with E-state index in [9.17, 15) is 8.42 Å². The van der Waals surface area contributed by atoms with Crippen molar-refractivity contribution in [3.8, 4) is 0 Å². The molecule has 0 spiro atoms. The first-order chi connectivity index (χ1) is 9.89. The van der Waals surface area contributed by atoms with Crippen LogP contribution in [0.1, 0.15) is 25.8 Å². The van der Waals surface area contributed by atoms with Crippen LogP contribution < -0.4 is 0 Å². The van der Waals surface area contributed by atoms with E-state index < -0.39 is 10.0 Å². The minimum atomic E-state index is -3.38. The molecule has 1 fully saturated rings. The van der Waals surface area contributed by atoms with Gasteiger partial charge >= 0.3 is 0 Å². The molecule has 0 saturated carbocycles. The zero-order chi connectivity index (χ0) is 15.2. The van der Waals surface area contributed by atoms with Gasteiger partial charge in [0.15, 0.2) is 0 Å². The number of hydrogen-bond donors (Lipinski definition) is 0. The Kier molecular flexibility index (Phi) is 3.70. The van der Waals surface area contributed by atoms with Crippen molar-refractivity contribution in [2.24, 2.45) is 17.8 Å². The Labute approximate surface area is 127 Å². The molecule has 1 aliphatic heterocycles. The van der Waals surface area contributed by atoms with E-state index in [0.717, 1.165) is 12.0 Å². The van der Waals surface area contributed by atoms with Crippen LogP contribution >= 0.6 is 0 Å². The van der Waals surface area contributed by atoms with Gasteiger partial charge in [-0.25, -0.2) is 8.42 Å². The average molecular weight is 305 g/mol. The molecule has 1 aromatic carbocycles. The monoisotopic (exact) mass is 305 g/mol. The smallest absolute Gasteiger partial charge is 0.207 e. The second-order valence-electron chi connectivity index (χ2n) is 6.55. The van der Waals surface area contributed by atoms with Gasteiger partial charge in [-0.05, 0) is 50.2 Å². The summed E-state index contributed by atoms with van der Waals surface area (Å²) in [4.78, 5) is 0.413. The standard InChI is InChI=1S/C17H23NO2S/c1-12-5-8-16(9-6-12)21(19,20)18-11-15-7-4-13(2)10-17(15)14(18)3/h4-9,13-15,17H,10-11H2,1-3H3/t13-,14+,15-,17+/m1/s1. The van der Waals surface area contributed by atoms with E-state index in [4.69, 9.17) is 0 Å². The van der Waals surface area contributed by atoms with Crippen LogP contribution in [0.4, 0.5) is 0 Å². The highest BCUT2D eigenvalue weighted by atomic mass is 32.2. The van der Waals surface area contributed by atoms with E-state index in [1.54, 1.807) is 16.4 Å². The average Bonchev–Trinajstić information content (AvgIpc) is 2.77. The van der Waals surface area contributed by atoms with E-state index in [1.807, 2.05) is 19.1 Å². The van der Waals surface area contributed by atoms with Gasteiger partial charge in [-0.2, -0.15) is 4.31 Å². The molecule has 0 radical (unpaired) electrons. The number of rotatable bonds is 2. The highest BCUT2D eigenvalue weighted by molar-refractivity contribution is 7.89. The lowest BCUT2D eigenvalue weighted by Gasteiger charge is -2.27. The summed E-state index contributed by atoms with van der Waals surface area (Å²) in [5, 5.41) is 0. The van der Waals surface area contributed by atoms with Gasteiger partial charge < -0.3 is 0 Å². The van der Waals surface area contributed by atoms with E-state index >= 15 is 0 Å². The molecular formula is C17H23NO2S. The molecule has 1 saturated heterocycles. The Morgan fingerprint density at radius 1 is 1.10 bits per heavy atom. The molecule has 0 amide bonds. The van der Waals surface area contributed by atoms with Gasteiger partial charge in [0, 0.05) is 12.6 Å². The summed E-state index contributed by atoms with van der Waals surface area (Å²) in [7, 11) is -3.38. The molecule has 2 aliphatic rings. The number of fused-ring (bicyclic) bond motifs is 1. The Morgan fingerprint density at radius 3 is 2.43 bits per heavy atom. The molecule has 3 rings (SSSR count). The van der Waals surface area contributed by atoms with Crippen LogP contribution in [0.3, 0.4) is 0 Å². The lowest BCUT2D eigenvalue weighted by Crippen LogP contribution is -2.36. The van der Waals surface area contributed by atoms with Gasteiger partial charge in [0.1, 0.15) is 0 Å². The molecule has 1 aromatic rings. The zero-order valence-electron chi connectivity index (χ0n) is 12.9. The largest absolute Gasteiger partial charge is 0.243 e. The number of allylic oxidation sites excluding steroid dienone is 1. The van der Waals surface area contributed by atoms with E-state index in [1.165, 1.54) is 0 Å². The number of sulfonamides is 1. The first kappa shape index (κ1) is 14.8. The van der Waals surface area contributed by atoms with Crippen molar-refractivity contribution in [2.45, 2.75) is 38.1 Å². The van der Waals surface area contributed by atoms with Gasteiger partial charge in [0.2, 0.25) is 10.0 Å². The fourth-order valence-corrected chi connectivity index (χ4v) is 5.37. The summed E-state index contributed by atoms with van der Waals surface area (Å²) in [6.45, 7) is 6.85. The predicted octanol–water partition coefficient (Wildman–Crippen LogP) is 3.22. The number of nitrogens with zero attached hydrogens (tertiary/aromatic N) is 1. The van der Waals surface area contributed by atoms with Crippen LogP contribution in [-0.4, -0.2) is 25.3 Å². The summed E-state index contributed by atoms with van der Waals surface area (Å²) < 4.78 is 27.5. The van der Waals surface area contributed by atoms with Gasteiger partial charge in [0.25, 0.3) is 0 Å². The molecule has 21 heavy (non-hydrogen) atoms. The summed E-state index contributed by atoms with van der Waals surface area (Å²) in [5.74, 6) is 1.37. The summed E-state index contributed by atoms with van der Waals surface area (Å²) in [5.41, 5.74) is 1.08. The van der Waals surface area contributed by atoms with Crippen LogP contribution in [0.5, 0.6) is 0 Å². The maximum atomic E-state index is 12.9. The van der Waals surface area contributed by atoms with Gasteiger partial charge in [0.05, 0.1) is 4.90 Å². The maximum absolute atomic E-state index is 12.9. The van der Waals surface area contributed by atoms with Crippen molar-refractivity contribution in [1.82, 2.24) is 4.31 Å². The van der Waals surface area contributed by atoms with Crippen LogP contribution in [0.2, 0.25) is 0 Å². The van der Waals surface area contributed by atoms with E-state index in [-0.39, 0.29) is 6.04 Å². The molecule has 0 unspecified atom stereocenters. The summed E-state index contributed by atoms with van der Waals surface area (Å²) in [6.07, 6.45) is 5.54. The van der Waals surface area contributed by atoms with Crippen molar-refractivity contribution in [3.05, 3.63) is 42.0 Å². The van der Waals surface area contributed by atoms with Crippen LogP contribution in [0.15, 0.2) is 41.3 Å². The molecule has 1 aliphatic carbocycles. The van der Waals surface area contributed by atoms with Crippen molar-refractivity contribution in [1.29, 1.82) is 0 Å². The zero-order valence-corrected chi connectivity index (χ0v) is 13.7. The van der Waals surface area contributed by atoms with Gasteiger partial charge in [-0.1, -0.05) is 36.8 Å². The molecule has 4 atom stereocenters. The normalized spacial score (nSPS) is 33.1. The lowest BCUT2D eigenvalue weighted by molar-refractivity contribution is 0.308. The predicted molar refractivity (Wildman–Crippen MR) is 84.4 cm³/mol. The Bertz CT molecular complexity index is 648. The lowest BCUT2D eigenvalue weighted by atomic mass is 9.79. The summed E-state index contributed by atoms with van der Waals surface area (Å²) >= 11 is 0. The Balaban J connectivity index is 1.90. The van der Waals surface area contributed by atoms with Crippen molar-refractivity contribution in [3.63, 3.8) is 0 Å². The minimum Gasteiger partial charge on any atom is -0.207 e. The quantitative estimate of drug-likeness (QED) is 0.787.